The van der Waals surface area contributed by atoms with Crippen LogP contribution in [0, 0.1) is 11.8 Å². The molecule has 1 heterocycles. The van der Waals surface area contributed by atoms with Gasteiger partial charge < -0.3 is 10.1 Å². The van der Waals surface area contributed by atoms with Crippen molar-refractivity contribution in [2.75, 3.05) is 19.0 Å². The lowest BCUT2D eigenvalue weighted by molar-refractivity contribution is -0.142. The average molecular weight is 517 g/mol. The van der Waals surface area contributed by atoms with Crippen LogP contribution in [0.2, 0.25) is 0 Å². The fourth-order valence-electron chi connectivity index (χ4n) is 5.98. The lowest BCUT2D eigenvalue weighted by Gasteiger charge is -2.51. The molecule has 0 radical (unpaired) electrons. The number of likely N-dealkylation sites (tertiary alicyclic amines) is 1. The third-order valence-corrected chi connectivity index (χ3v) is 8.64. The number of hydrogen-bond acceptors (Lipinski definition) is 4. The maximum atomic E-state index is 13.7. The summed E-state index contributed by atoms with van der Waals surface area (Å²) in [6.07, 6.45) is 0. The van der Waals surface area contributed by atoms with Gasteiger partial charge in [-0.2, -0.15) is 0 Å². The van der Waals surface area contributed by atoms with Gasteiger partial charge in [0.15, 0.2) is 0 Å². The number of hydrogen-bond donors (Lipinski definition) is 1. The van der Waals surface area contributed by atoms with Crippen molar-refractivity contribution in [2.24, 2.45) is 11.8 Å². The second-order valence-corrected chi connectivity index (χ2v) is 10.1. The Balaban J connectivity index is 1.38. The highest BCUT2D eigenvalue weighted by atomic mass is 79.9. The second-order valence-electron chi connectivity index (χ2n) is 8.88. The first kappa shape index (κ1) is 21.1. The summed E-state index contributed by atoms with van der Waals surface area (Å²) < 4.78 is 4.47. The number of rotatable bonds is 4. The summed E-state index contributed by atoms with van der Waals surface area (Å²) in [6.45, 7) is -0.342. The van der Waals surface area contributed by atoms with E-state index in [2.05, 4.69) is 21.2 Å². The molecule has 4 aliphatic rings. The van der Waals surface area contributed by atoms with E-state index >= 15 is 0 Å². The topological polar surface area (TPSA) is 75.7 Å². The van der Waals surface area contributed by atoms with E-state index in [0.29, 0.717) is 11.4 Å². The maximum Gasteiger partial charge on any atom is 0.244 e. The number of carbonyl (C=O) groups is 3. The van der Waals surface area contributed by atoms with Gasteiger partial charge >= 0.3 is 0 Å². The van der Waals surface area contributed by atoms with Crippen molar-refractivity contribution in [1.82, 2.24) is 4.90 Å². The van der Waals surface area contributed by atoms with Crippen molar-refractivity contribution in [3.63, 3.8) is 0 Å². The van der Waals surface area contributed by atoms with Crippen LogP contribution in [0.25, 0.3) is 0 Å². The molecule has 34 heavy (non-hydrogen) atoms. The fraction of sp³-hybridized carbons (Fsp3) is 0.222. The number of nitrogens with zero attached hydrogens (tertiary/aromatic N) is 1. The highest BCUT2D eigenvalue weighted by molar-refractivity contribution is 9.09. The zero-order chi connectivity index (χ0) is 23.6. The molecule has 1 fully saturated rings. The fourth-order valence-corrected chi connectivity index (χ4v) is 7.18. The molecular formula is C27H21BrN2O4. The molecule has 1 saturated heterocycles. The Hall–Kier alpha value is -3.45. The van der Waals surface area contributed by atoms with Gasteiger partial charge in [-0.15, -0.1) is 0 Å². The number of amides is 3. The van der Waals surface area contributed by atoms with Crippen molar-refractivity contribution in [2.45, 2.75) is 10.2 Å². The number of alkyl halides is 1. The Kier molecular flexibility index (Phi) is 4.68. The molecule has 170 valence electrons. The summed E-state index contributed by atoms with van der Waals surface area (Å²) in [5, 5.41) is 2.77. The van der Waals surface area contributed by atoms with Gasteiger partial charge in [0.05, 0.1) is 29.0 Å². The number of benzene rings is 3. The Morgan fingerprint density at radius 2 is 1.53 bits per heavy atom. The first-order valence-electron chi connectivity index (χ1n) is 11.1. The predicted octanol–water partition coefficient (Wildman–Crippen LogP) is 4.03. The number of para-hydroxylation sites is 2. The third kappa shape index (κ3) is 2.70. The minimum Gasteiger partial charge on any atom is -0.495 e. The van der Waals surface area contributed by atoms with Crippen LogP contribution in [0.15, 0.2) is 72.8 Å². The minimum atomic E-state index is -0.819. The molecule has 3 amide bonds. The molecule has 0 spiro atoms. The second kappa shape index (κ2) is 7.53. The number of nitrogens with one attached hydrogen (secondary N) is 1. The number of anilines is 1. The normalized spacial score (nSPS) is 26.1. The molecular weight excluding hydrogens is 496 g/mol. The van der Waals surface area contributed by atoms with Crippen molar-refractivity contribution in [1.29, 1.82) is 0 Å². The highest BCUT2D eigenvalue weighted by Gasteiger charge is 2.67. The van der Waals surface area contributed by atoms with Crippen LogP contribution in [-0.4, -0.2) is 36.3 Å². The van der Waals surface area contributed by atoms with E-state index in [4.69, 9.17) is 4.74 Å². The van der Waals surface area contributed by atoms with Crippen LogP contribution in [0.1, 0.15) is 28.2 Å². The summed E-state index contributed by atoms with van der Waals surface area (Å²) in [5.41, 5.74) is 4.63. The van der Waals surface area contributed by atoms with Crippen molar-refractivity contribution < 1.29 is 19.1 Å². The Morgan fingerprint density at radius 3 is 2.18 bits per heavy atom. The van der Waals surface area contributed by atoms with E-state index in [1.807, 2.05) is 48.5 Å². The van der Waals surface area contributed by atoms with Crippen LogP contribution >= 0.6 is 15.9 Å². The molecule has 7 rings (SSSR count). The summed E-state index contributed by atoms with van der Waals surface area (Å²) >= 11 is 3.95. The van der Waals surface area contributed by atoms with Crippen LogP contribution < -0.4 is 10.1 Å². The largest absolute Gasteiger partial charge is 0.495 e. The van der Waals surface area contributed by atoms with E-state index in [0.717, 1.165) is 27.2 Å². The maximum absolute atomic E-state index is 13.7. The van der Waals surface area contributed by atoms with E-state index in [1.165, 1.54) is 7.11 Å². The highest BCUT2D eigenvalue weighted by Crippen LogP contribution is 2.66. The van der Waals surface area contributed by atoms with Gasteiger partial charge in [0.25, 0.3) is 0 Å². The van der Waals surface area contributed by atoms with Crippen molar-refractivity contribution >= 4 is 39.3 Å². The number of halogens is 1. The lowest BCUT2D eigenvalue weighted by atomic mass is 9.55. The molecule has 7 heteroatoms. The molecule has 3 aliphatic carbocycles. The molecule has 2 atom stereocenters. The molecule has 1 aliphatic heterocycles. The van der Waals surface area contributed by atoms with Gasteiger partial charge in [0.2, 0.25) is 17.7 Å². The number of carbonyl (C=O) groups excluding carboxylic acids is 3. The Bertz CT molecular complexity index is 1320. The zero-order valence-electron chi connectivity index (χ0n) is 18.3. The Labute approximate surface area is 205 Å². The van der Waals surface area contributed by atoms with Crippen LogP contribution in [0.5, 0.6) is 5.75 Å². The van der Waals surface area contributed by atoms with E-state index in [1.54, 1.807) is 24.3 Å². The van der Waals surface area contributed by atoms with E-state index < -0.39 is 22.1 Å². The van der Waals surface area contributed by atoms with Crippen molar-refractivity contribution in [3.05, 3.63) is 95.1 Å². The molecule has 3 aromatic carbocycles. The molecule has 0 aromatic heterocycles. The standard InChI is InChI=1S/C27H21BrN2O4/c1-34-20-13-7-6-12-19(20)29-21(31)14-30-25(32)23-22-15-8-2-4-10-17(15)27(28,24(23)26(30)33)18-11-5-3-9-16(18)22/h2-13,22-24H,14H2,1H3,(H,29,31)/t22?,23-,24+,27?/m1/s1. The number of methoxy groups -OCH3 is 1. The number of ether oxygens (including phenoxy) is 1. The average Bonchev–Trinajstić information content (AvgIpc) is 3.11. The molecule has 0 saturated carbocycles. The predicted molar refractivity (Wildman–Crippen MR) is 130 cm³/mol. The minimum absolute atomic E-state index is 0.226. The summed E-state index contributed by atoms with van der Waals surface area (Å²) in [6, 6.07) is 23.0. The van der Waals surface area contributed by atoms with Crippen LogP contribution in [-0.2, 0) is 18.7 Å². The summed E-state index contributed by atoms with van der Waals surface area (Å²) in [7, 11) is 1.52. The quantitative estimate of drug-likeness (QED) is 0.419. The SMILES string of the molecule is COc1ccccc1NC(=O)CN1C(=O)[C@@H]2C3c4ccccc4C(Br)(c4ccccc43)[C@@H]2C1=O. The number of imide groups is 1. The van der Waals surface area contributed by atoms with E-state index in [9.17, 15) is 14.4 Å². The Morgan fingerprint density at radius 1 is 0.941 bits per heavy atom. The van der Waals surface area contributed by atoms with Gasteiger partial charge in [-0.05, 0) is 34.4 Å². The lowest BCUT2D eigenvalue weighted by Crippen LogP contribution is -2.50. The monoisotopic (exact) mass is 516 g/mol. The first-order chi connectivity index (χ1) is 16.5. The summed E-state index contributed by atoms with van der Waals surface area (Å²) in [4.78, 5) is 41.5. The van der Waals surface area contributed by atoms with Gasteiger partial charge in [-0.25, -0.2) is 0 Å². The third-order valence-electron chi connectivity index (χ3n) is 7.29. The zero-order valence-corrected chi connectivity index (χ0v) is 19.9. The molecule has 2 bridgehead atoms. The van der Waals surface area contributed by atoms with Gasteiger partial charge in [-0.1, -0.05) is 76.6 Å². The molecule has 6 nitrogen and oxygen atoms in total. The van der Waals surface area contributed by atoms with Gasteiger partial charge in [0, 0.05) is 5.92 Å². The molecule has 1 N–H and O–H groups in total. The van der Waals surface area contributed by atoms with E-state index in [-0.39, 0.29) is 24.3 Å². The molecule has 3 aromatic rings. The van der Waals surface area contributed by atoms with Crippen LogP contribution in [0.4, 0.5) is 5.69 Å². The first-order valence-corrected chi connectivity index (χ1v) is 11.9. The van der Waals surface area contributed by atoms with Gasteiger partial charge in [-0.3, -0.25) is 19.3 Å². The van der Waals surface area contributed by atoms with Gasteiger partial charge in [0.1, 0.15) is 12.3 Å². The molecule has 0 unspecified atom stereocenters. The van der Waals surface area contributed by atoms with Crippen LogP contribution in [0.3, 0.4) is 0 Å². The van der Waals surface area contributed by atoms with Crippen molar-refractivity contribution in [3.8, 4) is 5.75 Å². The summed E-state index contributed by atoms with van der Waals surface area (Å²) in [5.74, 6) is -1.97. The smallest absolute Gasteiger partial charge is 0.244 e.